The average Bonchev–Trinajstić information content (AvgIpc) is 1.88. The Morgan fingerprint density at radius 2 is 2.40 bits per heavy atom. The van der Waals surface area contributed by atoms with Crippen LogP contribution in [0.3, 0.4) is 0 Å². The largest absolute Gasteiger partial charge is 0.307 e. The van der Waals surface area contributed by atoms with Crippen LogP contribution in [0.25, 0.3) is 0 Å². The predicted octanol–water partition coefficient (Wildman–Crippen LogP) is 1.16. The maximum atomic E-state index is 8.54. The van der Waals surface area contributed by atoms with Crippen LogP contribution in [0, 0.1) is 18.3 Å². The van der Waals surface area contributed by atoms with Crippen LogP contribution in [0.5, 0.6) is 0 Å². The fourth-order valence-corrected chi connectivity index (χ4v) is 0.957. The molecule has 0 amide bonds. The third-order valence-electron chi connectivity index (χ3n) is 1.26. The summed E-state index contributed by atoms with van der Waals surface area (Å²) >= 11 is 5.62. The number of halogens is 1. The second-order valence-electron chi connectivity index (χ2n) is 1.96. The SMILES string of the molecule is Cc1ccc[n+](Cl)c1C#N. The monoisotopic (exact) mass is 153 g/mol. The summed E-state index contributed by atoms with van der Waals surface area (Å²) in [5, 5.41) is 8.54. The molecule has 0 saturated heterocycles. The molecule has 1 aromatic rings. The lowest BCUT2D eigenvalue weighted by molar-refractivity contribution is -0.523. The highest BCUT2D eigenvalue weighted by Crippen LogP contribution is 1.98. The minimum atomic E-state index is 0.490. The molecule has 50 valence electrons. The first-order valence-electron chi connectivity index (χ1n) is 2.83. The normalized spacial score (nSPS) is 8.90. The van der Waals surface area contributed by atoms with Gasteiger partial charge in [0.25, 0.3) is 11.8 Å². The quantitative estimate of drug-likeness (QED) is 0.550. The summed E-state index contributed by atoms with van der Waals surface area (Å²) in [5.74, 6) is 0. The van der Waals surface area contributed by atoms with Gasteiger partial charge in [-0.05, 0) is 13.0 Å². The highest BCUT2D eigenvalue weighted by Gasteiger charge is 2.09. The number of nitriles is 1. The average molecular weight is 154 g/mol. The first kappa shape index (κ1) is 7.04. The molecule has 0 aromatic carbocycles. The predicted molar refractivity (Wildman–Crippen MR) is 37.3 cm³/mol. The Kier molecular flexibility index (Phi) is 1.88. The molecule has 0 aliphatic carbocycles. The van der Waals surface area contributed by atoms with Gasteiger partial charge in [0.15, 0.2) is 12.3 Å². The summed E-state index contributed by atoms with van der Waals surface area (Å²) in [4.78, 5) is 0. The highest BCUT2D eigenvalue weighted by atomic mass is 35.5. The number of hydrogen-bond acceptors (Lipinski definition) is 1. The summed E-state index contributed by atoms with van der Waals surface area (Å²) < 4.78 is 1.29. The van der Waals surface area contributed by atoms with E-state index in [1.54, 1.807) is 12.3 Å². The van der Waals surface area contributed by atoms with Crippen LogP contribution >= 0.6 is 11.8 Å². The van der Waals surface area contributed by atoms with E-state index in [0.29, 0.717) is 5.69 Å². The second-order valence-corrected chi connectivity index (χ2v) is 2.33. The van der Waals surface area contributed by atoms with Gasteiger partial charge in [-0.15, -0.1) is 0 Å². The van der Waals surface area contributed by atoms with Gasteiger partial charge in [0, 0.05) is 11.6 Å². The number of pyridine rings is 1. The topological polar surface area (TPSA) is 27.7 Å². The van der Waals surface area contributed by atoms with Crippen LogP contribution in [0.2, 0.25) is 0 Å². The molecular formula is C7H6ClN2+. The first-order chi connectivity index (χ1) is 4.75. The van der Waals surface area contributed by atoms with Crippen molar-refractivity contribution in [1.82, 2.24) is 0 Å². The van der Waals surface area contributed by atoms with Crippen LogP contribution < -0.4 is 4.09 Å². The molecule has 0 spiro atoms. The maximum absolute atomic E-state index is 8.54. The maximum Gasteiger partial charge on any atom is 0.307 e. The van der Waals surface area contributed by atoms with Gasteiger partial charge >= 0.3 is 5.69 Å². The van der Waals surface area contributed by atoms with Gasteiger partial charge in [-0.25, -0.2) is 0 Å². The van der Waals surface area contributed by atoms with Crippen molar-refractivity contribution in [3.8, 4) is 6.07 Å². The second kappa shape index (κ2) is 2.68. The lowest BCUT2D eigenvalue weighted by atomic mass is 10.2. The molecule has 0 N–H and O–H groups in total. The van der Waals surface area contributed by atoms with E-state index in [4.69, 9.17) is 17.0 Å². The summed E-state index contributed by atoms with van der Waals surface area (Å²) in [6.07, 6.45) is 1.63. The first-order valence-corrected chi connectivity index (χ1v) is 3.17. The van der Waals surface area contributed by atoms with E-state index >= 15 is 0 Å². The van der Waals surface area contributed by atoms with Crippen molar-refractivity contribution in [1.29, 1.82) is 5.26 Å². The standard InChI is InChI=1S/C7H6ClN2/c1-6-3-2-4-10(8)7(6)5-9/h2-4H,1H3/q+1. The van der Waals surface area contributed by atoms with Crippen LogP contribution in [-0.2, 0) is 0 Å². The fraction of sp³-hybridized carbons (Fsp3) is 0.143. The molecule has 0 aliphatic heterocycles. The van der Waals surface area contributed by atoms with E-state index in [-0.39, 0.29) is 0 Å². The number of rotatable bonds is 0. The molecule has 0 saturated carbocycles. The number of hydrogen-bond donors (Lipinski definition) is 0. The van der Waals surface area contributed by atoms with Gasteiger partial charge in [-0.3, -0.25) is 0 Å². The van der Waals surface area contributed by atoms with Crippen LogP contribution in [-0.4, -0.2) is 0 Å². The fourth-order valence-electron chi connectivity index (χ4n) is 0.721. The molecular weight excluding hydrogens is 148 g/mol. The summed E-state index contributed by atoms with van der Waals surface area (Å²) in [7, 11) is 0. The Hall–Kier alpha value is -1.07. The van der Waals surface area contributed by atoms with Crippen molar-refractivity contribution in [2.75, 3.05) is 0 Å². The van der Waals surface area contributed by atoms with Gasteiger partial charge in [0.2, 0.25) is 0 Å². The zero-order valence-electron chi connectivity index (χ0n) is 5.50. The van der Waals surface area contributed by atoms with Crippen molar-refractivity contribution < 1.29 is 4.09 Å². The van der Waals surface area contributed by atoms with Gasteiger partial charge in [0.05, 0.1) is 0 Å². The Morgan fingerprint density at radius 3 is 2.80 bits per heavy atom. The van der Waals surface area contributed by atoms with E-state index in [1.165, 1.54) is 4.09 Å². The number of aryl methyl sites for hydroxylation is 1. The molecule has 0 unspecified atom stereocenters. The van der Waals surface area contributed by atoms with Crippen LogP contribution in [0.1, 0.15) is 11.3 Å². The van der Waals surface area contributed by atoms with Crippen LogP contribution in [0.15, 0.2) is 18.3 Å². The summed E-state index contributed by atoms with van der Waals surface area (Å²) in [6, 6.07) is 5.63. The van der Waals surface area contributed by atoms with Gasteiger partial charge < -0.3 is 0 Å². The van der Waals surface area contributed by atoms with Crippen LogP contribution in [0.4, 0.5) is 0 Å². The van der Waals surface area contributed by atoms with Gasteiger partial charge in [-0.1, -0.05) is 4.09 Å². The lowest BCUT2D eigenvalue weighted by Gasteiger charge is -1.87. The van der Waals surface area contributed by atoms with E-state index in [9.17, 15) is 0 Å². The summed E-state index contributed by atoms with van der Waals surface area (Å²) in [5.41, 5.74) is 1.38. The zero-order valence-corrected chi connectivity index (χ0v) is 6.26. The molecule has 10 heavy (non-hydrogen) atoms. The Balaban J connectivity index is 3.34. The van der Waals surface area contributed by atoms with E-state index in [1.807, 2.05) is 19.1 Å². The Morgan fingerprint density at radius 1 is 1.70 bits per heavy atom. The third kappa shape index (κ3) is 1.09. The van der Waals surface area contributed by atoms with Crippen molar-refractivity contribution in [3.05, 3.63) is 29.6 Å². The molecule has 0 bridgehead atoms. The van der Waals surface area contributed by atoms with Crippen molar-refractivity contribution in [2.45, 2.75) is 6.92 Å². The number of nitrogens with zero attached hydrogens (tertiary/aromatic N) is 2. The summed E-state index contributed by atoms with van der Waals surface area (Å²) in [6.45, 7) is 1.84. The molecule has 0 atom stereocenters. The molecule has 1 rings (SSSR count). The van der Waals surface area contributed by atoms with Crippen molar-refractivity contribution >= 4 is 11.8 Å². The van der Waals surface area contributed by atoms with E-state index < -0.39 is 0 Å². The van der Waals surface area contributed by atoms with E-state index in [0.717, 1.165) is 5.56 Å². The molecule has 0 radical (unpaired) electrons. The molecule has 1 aromatic heterocycles. The smallest absolute Gasteiger partial charge is 0.186 e. The van der Waals surface area contributed by atoms with Gasteiger partial charge in [-0.2, -0.15) is 5.26 Å². The molecule has 2 nitrogen and oxygen atoms in total. The molecule has 0 aliphatic rings. The minimum absolute atomic E-state index is 0.490. The van der Waals surface area contributed by atoms with Crippen molar-refractivity contribution in [3.63, 3.8) is 0 Å². The highest BCUT2D eigenvalue weighted by molar-refractivity contribution is 6.04. The lowest BCUT2D eigenvalue weighted by Crippen LogP contribution is -2.25. The van der Waals surface area contributed by atoms with Gasteiger partial charge in [0.1, 0.15) is 0 Å². The zero-order chi connectivity index (χ0) is 7.56. The molecule has 0 fully saturated rings. The van der Waals surface area contributed by atoms with Crippen molar-refractivity contribution in [2.24, 2.45) is 0 Å². The molecule has 1 heterocycles. The Labute approximate surface area is 64.4 Å². The Bertz CT molecular complexity index is 268. The number of aromatic nitrogens is 1. The third-order valence-corrected chi connectivity index (χ3v) is 1.54. The van der Waals surface area contributed by atoms with E-state index in [2.05, 4.69) is 0 Å². The minimum Gasteiger partial charge on any atom is -0.186 e. The molecule has 3 heteroatoms.